The molecule has 6 nitrogen and oxygen atoms in total. The van der Waals surface area contributed by atoms with Crippen LogP contribution >= 0.6 is 11.8 Å². The molecule has 0 saturated carbocycles. The van der Waals surface area contributed by atoms with Crippen molar-refractivity contribution in [2.45, 2.75) is 51.7 Å². The fourth-order valence-corrected chi connectivity index (χ4v) is 3.62. The molecule has 0 fully saturated rings. The van der Waals surface area contributed by atoms with Gasteiger partial charge in [-0.2, -0.15) is 0 Å². The fraction of sp³-hybridized carbons (Fsp3) is 0.476. The molecule has 0 atom stereocenters. The molecule has 0 bridgehead atoms. The van der Waals surface area contributed by atoms with Gasteiger partial charge in [0, 0.05) is 30.7 Å². The second kappa shape index (κ2) is 10.3. The highest BCUT2D eigenvalue weighted by atomic mass is 32.2. The van der Waals surface area contributed by atoms with Crippen LogP contribution in [0.2, 0.25) is 0 Å². The zero-order valence-corrected chi connectivity index (χ0v) is 18.1. The van der Waals surface area contributed by atoms with Crippen molar-refractivity contribution >= 4 is 23.6 Å². The first-order valence-corrected chi connectivity index (χ1v) is 10.6. The van der Waals surface area contributed by atoms with Crippen molar-refractivity contribution in [3.05, 3.63) is 42.2 Å². The number of thioether (sulfide) groups is 1. The van der Waals surface area contributed by atoms with Gasteiger partial charge in [0.2, 0.25) is 11.8 Å². The number of rotatable bonds is 9. The molecule has 2 aromatic rings. The first-order chi connectivity index (χ1) is 13.3. The minimum atomic E-state index is -0.137. The third-order valence-corrected chi connectivity index (χ3v) is 5.24. The third kappa shape index (κ3) is 6.12. The molecule has 0 aliphatic heterocycles. The Morgan fingerprint density at radius 1 is 1.18 bits per heavy atom. The largest absolute Gasteiger partial charge is 0.352 e. The van der Waals surface area contributed by atoms with Gasteiger partial charge in [-0.1, -0.05) is 37.7 Å². The summed E-state index contributed by atoms with van der Waals surface area (Å²) in [6, 6.07) is 8.43. The standard InChI is InChI=1S/C21H30N4O2S/c1-6-24(13-19(26)23-16(4)5)20(27)14-28-21-22-11-12-25(21)18-9-7-17(8-10-18)15(2)3/h7-12,15-16H,6,13-14H2,1-5H3,(H,23,26). The summed E-state index contributed by atoms with van der Waals surface area (Å²) in [5.74, 6) is 0.512. The Morgan fingerprint density at radius 3 is 2.43 bits per heavy atom. The second-order valence-corrected chi connectivity index (χ2v) is 8.19. The van der Waals surface area contributed by atoms with Crippen molar-refractivity contribution in [3.8, 4) is 5.69 Å². The molecule has 0 aliphatic rings. The van der Waals surface area contributed by atoms with Gasteiger partial charge >= 0.3 is 0 Å². The van der Waals surface area contributed by atoms with Gasteiger partial charge in [-0.3, -0.25) is 14.2 Å². The highest BCUT2D eigenvalue weighted by Gasteiger charge is 2.17. The Hall–Kier alpha value is -2.28. The van der Waals surface area contributed by atoms with E-state index in [1.165, 1.54) is 17.3 Å². The van der Waals surface area contributed by atoms with E-state index in [4.69, 9.17) is 0 Å². The van der Waals surface area contributed by atoms with Crippen molar-refractivity contribution < 1.29 is 9.59 Å². The highest BCUT2D eigenvalue weighted by Crippen LogP contribution is 2.22. The predicted molar refractivity (Wildman–Crippen MR) is 114 cm³/mol. The number of imidazole rings is 1. The van der Waals surface area contributed by atoms with Crippen LogP contribution in [0, 0.1) is 0 Å². The molecule has 2 rings (SSSR count). The summed E-state index contributed by atoms with van der Waals surface area (Å²) in [5, 5.41) is 3.58. The van der Waals surface area contributed by atoms with Crippen LogP contribution in [0.15, 0.2) is 41.8 Å². The van der Waals surface area contributed by atoms with Gasteiger partial charge in [0.25, 0.3) is 0 Å². The Kier molecular flexibility index (Phi) is 8.11. The van der Waals surface area contributed by atoms with E-state index >= 15 is 0 Å². The van der Waals surface area contributed by atoms with E-state index in [1.807, 2.05) is 31.5 Å². The number of benzene rings is 1. The van der Waals surface area contributed by atoms with Crippen LogP contribution in [0.25, 0.3) is 5.69 Å². The SMILES string of the molecule is CCN(CC(=O)NC(C)C)C(=O)CSc1nccn1-c1ccc(C(C)C)cc1. The number of hydrogen-bond donors (Lipinski definition) is 1. The Morgan fingerprint density at radius 2 is 1.86 bits per heavy atom. The normalized spacial score (nSPS) is 11.1. The number of nitrogens with one attached hydrogen (secondary N) is 1. The molecule has 0 unspecified atom stereocenters. The lowest BCUT2D eigenvalue weighted by Crippen LogP contribution is -2.43. The van der Waals surface area contributed by atoms with Gasteiger partial charge in [0.1, 0.15) is 0 Å². The van der Waals surface area contributed by atoms with Crippen LogP contribution in [-0.4, -0.2) is 51.1 Å². The Balaban J connectivity index is 2.00. The summed E-state index contributed by atoms with van der Waals surface area (Å²) in [7, 11) is 0. The van der Waals surface area contributed by atoms with Gasteiger partial charge in [0.15, 0.2) is 5.16 Å². The number of likely N-dealkylation sites (N-methyl/N-ethyl adjacent to an activating group) is 1. The zero-order valence-electron chi connectivity index (χ0n) is 17.3. The van der Waals surface area contributed by atoms with Gasteiger partial charge < -0.3 is 10.2 Å². The molecule has 0 radical (unpaired) electrons. The Labute approximate surface area is 171 Å². The summed E-state index contributed by atoms with van der Waals surface area (Å²) < 4.78 is 1.98. The van der Waals surface area contributed by atoms with Crippen molar-refractivity contribution in [1.29, 1.82) is 0 Å². The number of hydrogen-bond acceptors (Lipinski definition) is 4. The van der Waals surface area contributed by atoms with Crippen LogP contribution in [0.5, 0.6) is 0 Å². The second-order valence-electron chi connectivity index (χ2n) is 7.24. The molecule has 1 aromatic heterocycles. The molecule has 0 saturated heterocycles. The lowest BCUT2D eigenvalue weighted by Gasteiger charge is -2.21. The van der Waals surface area contributed by atoms with Crippen molar-refractivity contribution in [2.75, 3.05) is 18.8 Å². The zero-order chi connectivity index (χ0) is 20.7. The minimum Gasteiger partial charge on any atom is -0.352 e. The molecule has 0 aliphatic carbocycles. The molecule has 152 valence electrons. The molecule has 1 heterocycles. The van der Waals surface area contributed by atoms with Crippen molar-refractivity contribution in [1.82, 2.24) is 19.8 Å². The minimum absolute atomic E-state index is 0.0604. The molecule has 28 heavy (non-hydrogen) atoms. The highest BCUT2D eigenvalue weighted by molar-refractivity contribution is 7.99. The van der Waals surface area contributed by atoms with Gasteiger partial charge in [-0.15, -0.1) is 0 Å². The van der Waals surface area contributed by atoms with Crippen LogP contribution in [0.4, 0.5) is 0 Å². The van der Waals surface area contributed by atoms with Crippen molar-refractivity contribution in [2.24, 2.45) is 0 Å². The van der Waals surface area contributed by atoms with Gasteiger partial charge in [0.05, 0.1) is 12.3 Å². The molecule has 1 aromatic carbocycles. The van der Waals surface area contributed by atoms with E-state index in [-0.39, 0.29) is 30.2 Å². The summed E-state index contributed by atoms with van der Waals surface area (Å²) in [6.07, 6.45) is 3.63. The summed E-state index contributed by atoms with van der Waals surface area (Å²) in [4.78, 5) is 30.4. The topological polar surface area (TPSA) is 67.2 Å². The lowest BCUT2D eigenvalue weighted by molar-refractivity contribution is -0.134. The molecule has 0 spiro atoms. The molecule has 2 amide bonds. The van der Waals surface area contributed by atoms with E-state index in [9.17, 15) is 9.59 Å². The third-order valence-electron chi connectivity index (χ3n) is 4.29. The number of carbonyl (C=O) groups excluding carboxylic acids is 2. The monoisotopic (exact) mass is 402 g/mol. The maximum absolute atomic E-state index is 12.5. The molecule has 7 heteroatoms. The van der Waals surface area contributed by atoms with Crippen molar-refractivity contribution in [3.63, 3.8) is 0 Å². The average Bonchev–Trinajstić information content (AvgIpc) is 3.12. The van der Waals surface area contributed by atoms with Crippen LogP contribution in [0.1, 0.15) is 46.1 Å². The average molecular weight is 403 g/mol. The van der Waals surface area contributed by atoms with E-state index < -0.39 is 0 Å². The number of carbonyl (C=O) groups is 2. The lowest BCUT2D eigenvalue weighted by atomic mass is 10.0. The van der Waals surface area contributed by atoms with E-state index in [2.05, 4.69) is 48.4 Å². The maximum Gasteiger partial charge on any atom is 0.239 e. The quantitative estimate of drug-likeness (QED) is 0.652. The summed E-state index contributed by atoms with van der Waals surface area (Å²) >= 11 is 1.38. The number of nitrogens with zero attached hydrogens (tertiary/aromatic N) is 3. The van der Waals surface area contributed by atoms with Gasteiger partial charge in [-0.05, 0) is 44.4 Å². The first kappa shape index (κ1) is 22.0. The van der Waals surface area contributed by atoms with E-state index in [0.717, 1.165) is 10.8 Å². The molecular formula is C21H30N4O2S. The summed E-state index contributed by atoms with van der Waals surface area (Å²) in [6.45, 7) is 10.6. The van der Waals surface area contributed by atoms with Gasteiger partial charge in [-0.25, -0.2) is 4.98 Å². The first-order valence-electron chi connectivity index (χ1n) is 9.65. The van der Waals surface area contributed by atoms with E-state index in [0.29, 0.717) is 12.5 Å². The van der Waals surface area contributed by atoms with Crippen LogP contribution < -0.4 is 5.32 Å². The Bertz CT molecular complexity index is 784. The predicted octanol–water partition coefficient (Wildman–Crippen LogP) is 3.46. The smallest absolute Gasteiger partial charge is 0.239 e. The maximum atomic E-state index is 12.5. The summed E-state index contributed by atoms with van der Waals surface area (Å²) in [5.41, 5.74) is 2.30. The van der Waals surface area contributed by atoms with Crippen LogP contribution in [-0.2, 0) is 9.59 Å². The molecule has 1 N–H and O–H groups in total. The molecular weight excluding hydrogens is 372 g/mol. The number of amides is 2. The fourth-order valence-electron chi connectivity index (χ4n) is 2.75. The number of aromatic nitrogens is 2. The van der Waals surface area contributed by atoms with Crippen LogP contribution in [0.3, 0.4) is 0 Å². The van der Waals surface area contributed by atoms with E-state index in [1.54, 1.807) is 11.1 Å².